The van der Waals surface area contributed by atoms with Crippen LogP contribution in [0.1, 0.15) is 46.1 Å². The molecule has 2 heteroatoms. The van der Waals surface area contributed by atoms with Crippen LogP contribution in [0.25, 0.3) is 0 Å². The first-order valence-corrected chi connectivity index (χ1v) is 8.20. The molecular formula is C18H30N2. The highest BCUT2D eigenvalue weighted by Crippen LogP contribution is 2.32. The Hall–Kier alpha value is -1.02. The lowest BCUT2D eigenvalue weighted by molar-refractivity contribution is 0.436. The molecule has 0 fully saturated rings. The van der Waals surface area contributed by atoms with Crippen LogP contribution in [0, 0.1) is 5.92 Å². The molecule has 2 atom stereocenters. The van der Waals surface area contributed by atoms with E-state index < -0.39 is 0 Å². The van der Waals surface area contributed by atoms with Gasteiger partial charge in [-0.1, -0.05) is 39.0 Å². The summed E-state index contributed by atoms with van der Waals surface area (Å²) in [7, 11) is 0. The number of benzene rings is 1. The maximum Gasteiger partial charge on any atom is 0.0415 e. The fourth-order valence-corrected chi connectivity index (χ4v) is 3.25. The molecule has 0 amide bonds. The lowest BCUT2D eigenvalue weighted by Crippen LogP contribution is -2.49. The maximum absolute atomic E-state index is 3.64. The Kier molecular flexibility index (Phi) is 5.47. The predicted octanol–water partition coefficient (Wildman–Crippen LogP) is 3.85. The van der Waals surface area contributed by atoms with Crippen molar-refractivity contribution in [3.05, 3.63) is 29.8 Å². The predicted molar refractivity (Wildman–Crippen MR) is 88.5 cm³/mol. The van der Waals surface area contributed by atoms with Crippen LogP contribution >= 0.6 is 0 Å². The van der Waals surface area contributed by atoms with Gasteiger partial charge in [-0.05, 0) is 50.3 Å². The van der Waals surface area contributed by atoms with Crippen LogP contribution in [0.15, 0.2) is 24.3 Å². The summed E-state index contributed by atoms with van der Waals surface area (Å²) in [5.74, 6) is 0.721. The molecule has 2 unspecified atom stereocenters. The summed E-state index contributed by atoms with van der Waals surface area (Å²) in [4.78, 5) is 2.66. The van der Waals surface area contributed by atoms with Crippen molar-refractivity contribution < 1.29 is 0 Å². The average molecular weight is 274 g/mol. The van der Waals surface area contributed by atoms with Gasteiger partial charge in [-0.15, -0.1) is 0 Å². The van der Waals surface area contributed by atoms with Crippen LogP contribution in [0.2, 0.25) is 0 Å². The van der Waals surface area contributed by atoms with Gasteiger partial charge in [0.2, 0.25) is 0 Å². The zero-order valence-electron chi connectivity index (χ0n) is 13.5. The van der Waals surface area contributed by atoms with Gasteiger partial charge in [-0.3, -0.25) is 0 Å². The second kappa shape index (κ2) is 7.12. The Bertz CT molecular complexity index is 414. The molecule has 1 aromatic carbocycles. The molecule has 1 aliphatic heterocycles. The second-order valence-electron chi connectivity index (χ2n) is 6.54. The number of anilines is 1. The lowest BCUT2D eigenvalue weighted by atomic mass is 9.94. The summed E-state index contributed by atoms with van der Waals surface area (Å²) >= 11 is 0. The number of nitrogens with zero attached hydrogens (tertiary/aromatic N) is 1. The van der Waals surface area contributed by atoms with E-state index in [1.165, 1.54) is 30.5 Å². The van der Waals surface area contributed by atoms with Gasteiger partial charge >= 0.3 is 0 Å². The van der Waals surface area contributed by atoms with E-state index in [0.29, 0.717) is 12.1 Å². The molecule has 0 saturated heterocycles. The topological polar surface area (TPSA) is 15.3 Å². The summed E-state index contributed by atoms with van der Waals surface area (Å²) in [6, 6.07) is 10.2. The van der Waals surface area contributed by atoms with E-state index in [1.54, 1.807) is 0 Å². The summed E-state index contributed by atoms with van der Waals surface area (Å²) in [6.07, 6.45) is 3.70. The lowest BCUT2D eigenvalue weighted by Gasteiger charge is -2.42. The third-order valence-corrected chi connectivity index (χ3v) is 4.37. The molecular weight excluding hydrogens is 244 g/mol. The van der Waals surface area contributed by atoms with E-state index >= 15 is 0 Å². The van der Waals surface area contributed by atoms with Crippen LogP contribution in [0.3, 0.4) is 0 Å². The molecule has 2 nitrogen and oxygen atoms in total. The molecule has 1 N–H and O–H groups in total. The van der Waals surface area contributed by atoms with Gasteiger partial charge in [0.05, 0.1) is 0 Å². The first kappa shape index (κ1) is 15.4. The summed E-state index contributed by atoms with van der Waals surface area (Å²) < 4.78 is 0. The first-order valence-electron chi connectivity index (χ1n) is 8.20. The molecule has 112 valence electrons. The Labute approximate surface area is 124 Å². The smallest absolute Gasteiger partial charge is 0.0415 e. The average Bonchev–Trinajstić information content (AvgIpc) is 2.44. The fraction of sp³-hybridized carbons (Fsp3) is 0.667. The van der Waals surface area contributed by atoms with Crippen molar-refractivity contribution in [3.8, 4) is 0 Å². The van der Waals surface area contributed by atoms with E-state index in [4.69, 9.17) is 0 Å². The summed E-state index contributed by atoms with van der Waals surface area (Å²) in [5.41, 5.74) is 2.98. The van der Waals surface area contributed by atoms with Gasteiger partial charge in [0.15, 0.2) is 0 Å². The van der Waals surface area contributed by atoms with Gasteiger partial charge in [0, 0.05) is 24.3 Å². The molecule has 20 heavy (non-hydrogen) atoms. The van der Waals surface area contributed by atoms with E-state index in [2.05, 4.69) is 62.2 Å². The molecule has 0 radical (unpaired) electrons. The normalized spacial score (nSPS) is 20.1. The Morgan fingerprint density at radius 1 is 1.25 bits per heavy atom. The highest BCUT2D eigenvalue weighted by atomic mass is 15.2. The van der Waals surface area contributed by atoms with Crippen molar-refractivity contribution in [2.24, 2.45) is 5.92 Å². The van der Waals surface area contributed by atoms with Crippen LogP contribution in [0.5, 0.6) is 0 Å². The molecule has 1 aromatic rings. The Morgan fingerprint density at radius 2 is 2.00 bits per heavy atom. The van der Waals surface area contributed by atoms with Crippen LogP contribution in [-0.2, 0) is 6.42 Å². The van der Waals surface area contributed by atoms with Crippen LogP contribution in [-0.4, -0.2) is 25.2 Å². The third kappa shape index (κ3) is 3.54. The first-order chi connectivity index (χ1) is 9.63. The quantitative estimate of drug-likeness (QED) is 0.847. The van der Waals surface area contributed by atoms with Crippen LogP contribution in [0.4, 0.5) is 5.69 Å². The number of fused-ring (bicyclic) bond motifs is 1. The van der Waals surface area contributed by atoms with Gasteiger partial charge < -0.3 is 10.2 Å². The summed E-state index contributed by atoms with van der Waals surface area (Å²) in [6.45, 7) is 11.4. The molecule has 0 aromatic heterocycles. The SMILES string of the molecule is CCC(CNCC(C)C)N1c2ccccc2CCC1C. The second-order valence-corrected chi connectivity index (χ2v) is 6.54. The van der Waals surface area contributed by atoms with E-state index in [-0.39, 0.29) is 0 Å². The van der Waals surface area contributed by atoms with E-state index in [1.807, 2.05) is 0 Å². The zero-order valence-corrected chi connectivity index (χ0v) is 13.5. The maximum atomic E-state index is 3.64. The minimum atomic E-state index is 0.602. The van der Waals surface area contributed by atoms with Crippen molar-refractivity contribution in [1.29, 1.82) is 0 Å². The van der Waals surface area contributed by atoms with Crippen molar-refractivity contribution in [1.82, 2.24) is 5.32 Å². The standard InChI is InChI=1S/C18H30N2/c1-5-17(13-19-12-14(2)3)20-15(4)10-11-16-8-6-7-9-18(16)20/h6-9,14-15,17,19H,5,10-13H2,1-4H3. The Balaban J connectivity index is 2.11. The number of para-hydroxylation sites is 1. The highest BCUT2D eigenvalue weighted by molar-refractivity contribution is 5.57. The molecule has 1 aliphatic rings. The van der Waals surface area contributed by atoms with Crippen molar-refractivity contribution in [2.75, 3.05) is 18.0 Å². The number of rotatable bonds is 6. The van der Waals surface area contributed by atoms with Gasteiger partial charge in [-0.25, -0.2) is 0 Å². The third-order valence-electron chi connectivity index (χ3n) is 4.37. The molecule has 0 aliphatic carbocycles. The van der Waals surface area contributed by atoms with Gasteiger partial charge in [0.1, 0.15) is 0 Å². The monoisotopic (exact) mass is 274 g/mol. The molecule has 0 bridgehead atoms. The van der Waals surface area contributed by atoms with Crippen LogP contribution < -0.4 is 10.2 Å². The molecule has 2 rings (SSSR count). The molecule has 1 heterocycles. The van der Waals surface area contributed by atoms with Gasteiger partial charge in [0.25, 0.3) is 0 Å². The van der Waals surface area contributed by atoms with Crippen molar-refractivity contribution >= 4 is 5.69 Å². The largest absolute Gasteiger partial charge is 0.364 e. The highest BCUT2D eigenvalue weighted by Gasteiger charge is 2.27. The minimum Gasteiger partial charge on any atom is -0.364 e. The van der Waals surface area contributed by atoms with Crippen molar-refractivity contribution in [2.45, 2.75) is 59.0 Å². The van der Waals surface area contributed by atoms with E-state index in [0.717, 1.165) is 19.0 Å². The zero-order chi connectivity index (χ0) is 14.5. The number of aryl methyl sites for hydroxylation is 1. The Morgan fingerprint density at radius 3 is 2.70 bits per heavy atom. The van der Waals surface area contributed by atoms with Gasteiger partial charge in [-0.2, -0.15) is 0 Å². The summed E-state index contributed by atoms with van der Waals surface area (Å²) in [5, 5.41) is 3.64. The fourth-order valence-electron chi connectivity index (χ4n) is 3.25. The number of hydrogen-bond acceptors (Lipinski definition) is 2. The number of nitrogens with one attached hydrogen (secondary N) is 1. The minimum absolute atomic E-state index is 0.602. The molecule has 0 saturated carbocycles. The van der Waals surface area contributed by atoms with Crippen molar-refractivity contribution in [3.63, 3.8) is 0 Å². The molecule has 0 spiro atoms. The number of hydrogen-bond donors (Lipinski definition) is 1. The van der Waals surface area contributed by atoms with E-state index in [9.17, 15) is 0 Å².